The Labute approximate surface area is 191 Å². The van der Waals surface area contributed by atoms with Crippen LogP contribution in [0, 0.1) is 0 Å². The summed E-state index contributed by atoms with van der Waals surface area (Å²) in [4.78, 5) is 15.0. The van der Waals surface area contributed by atoms with Crippen LogP contribution in [0.25, 0.3) is 0 Å². The lowest BCUT2D eigenvalue weighted by Gasteiger charge is -2.17. The third-order valence-corrected chi connectivity index (χ3v) is 7.87. The molecule has 2 amide bonds. The summed E-state index contributed by atoms with van der Waals surface area (Å²) < 4.78 is 27.8. The van der Waals surface area contributed by atoms with Crippen LogP contribution in [0.4, 0.5) is 10.5 Å². The van der Waals surface area contributed by atoms with E-state index in [0.29, 0.717) is 0 Å². The van der Waals surface area contributed by atoms with E-state index < -0.39 is 16.1 Å². The number of aryl methyl sites for hydroxylation is 2. The zero-order valence-corrected chi connectivity index (χ0v) is 19.9. The van der Waals surface area contributed by atoms with Gasteiger partial charge in [0.05, 0.1) is 4.90 Å². The minimum atomic E-state index is -3.94. The van der Waals surface area contributed by atoms with Crippen molar-refractivity contribution in [3.05, 3.63) is 58.1 Å². The molecule has 172 valence electrons. The fraction of sp³-hybridized carbons (Fsp3) is 0.480. The smallest absolute Gasteiger partial charge is 0.307 e. The van der Waals surface area contributed by atoms with Crippen molar-refractivity contribution < 1.29 is 13.2 Å². The molecule has 0 aliphatic heterocycles. The number of rotatable bonds is 8. The second-order valence-electron chi connectivity index (χ2n) is 9.03. The number of nitrogens with one attached hydrogen (secondary N) is 2. The topological polar surface area (TPSA) is 78.5 Å². The lowest BCUT2D eigenvalue weighted by atomic mass is 9.99. The van der Waals surface area contributed by atoms with Crippen molar-refractivity contribution in [2.75, 3.05) is 18.9 Å². The first-order chi connectivity index (χ1) is 15.4. The van der Waals surface area contributed by atoms with Gasteiger partial charge in [0.15, 0.2) is 0 Å². The molecule has 4 rings (SSSR count). The highest BCUT2D eigenvalue weighted by molar-refractivity contribution is 7.90. The zero-order chi connectivity index (χ0) is 22.7. The van der Waals surface area contributed by atoms with Crippen LogP contribution in [0.5, 0.6) is 0 Å². The van der Waals surface area contributed by atoms with Crippen LogP contribution >= 0.6 is 0 Å². The van der Waals surface area contributed by atoms with E-state index in [4.69, 9.17) is 0 Å². The van der Waals surface area contributed by atoms with E-state index in [1.807, 2.05) is 12.1 Å². The molecule has 2 aromatic carbocycles. The van der Waals surface area contributed by atoms with Crippen molar-refractivity contribution >= 4 is 21.7 Å². The summed E-state index contributed by atoms with van der Waals surface area (Å²) in [7, 11) is -1.88. The molecule has 0 fully saturated rings. The first-order valence-corrected chi connectivity index (χ1v) is 13.1. The molecule has 6 nitrogen and oxygen atoms in total. The summed E-state index contributed by atoms with van der Waals surface area (Å²) in [6.45, 7) is 3.93. The molecular weight excluding hydrogens is 422 g/mol. The molecule has 0 atom stereocenters. The van der Waals surface area contributed by atoms with Gasteiger partial charge in [0.25, 0.3) is 10.0 Å². The van der Waals surface area contributed by atoms with Crippen LogP contribution in [0.1, 0.15) is 60.4 Å². The number of nitrogens with zero attached hydrogens (tertiary/aromatic N) is 1. The lowest BCUT2D eigenvalue weighted by Crippen LogP contribution is -2.35. The molecule has 32 heavy (non-hydrogen) atoms. The number of carbonyl (C=O) groups excluding carboxylic acids is 1. The number of fused-ring (bicyclic) bond motifs is 2. The van der Waals surface area contributed by atoms with Gasteiger partial charge in [0.1, 0.15) is 0 Å². The van der Waals surface area contributed by atoms with E-state index in [0.717, 1.165) is 75.7 Å². The average molecular weight is 456 g/mol. The number of carbonyl (C=O) groups is 1. The number of hydrogen-bond donors (Lipinski definition) is 2. The molecule has 0 unspecified atom stereocenters. The van der Waals surface area contributed by atoms with Crippen molar-refractivity contribution in [2.45, 2.75) is 69.7 Å². The van der Waals surface area contributed by atoms with Crippen molar-refractivity contribution in [3.63, 3.8) is 0 Å². The maximum absolute atomic E-state index is 12.8. The second-order valence-corrected chi connectivity index (χ2v) is 10.7. The molecule has 0 bridgehead atoms. The third kappa shape index (κ3) is 4.99. The molecule has 0 spiro atoms. The van der Waals surface area contributed by atoms with Gasteiger partial charge in [-0.2, -0.15) is 0 Å². The van der Waals surface area contributed by atoms with Crippen LogP contribution in [-0.2, 0) is 42.3 Å². The predicted molar refractivity (Wildman–Crippen MR) is 128 cm³/mol. The monoisotopic (exact) mass is 455 g/mol. The van der Waals surface area contributed by atoms with Gasteiger partial charge in [-0.15, -0.1) is 0 Å². The Morgan fingerprint density at radius 1 is 1.00 bits per heavy atom. The highest BCUT2D eigenvalue weighted by Crippen LogP contribution is 2.38. The Balaban J connectivity index is 1.44. The molecule has 2 aliphatic rings. The molecular formula is C25H33N3O3S. The van der Waals surface area contributed by atoms with Gasteiger partial charge >= 0.3 is 6.03 Å². The maximum Gasteiger partial charge on any atom is 0.333 e. The highest BCUT2D eigenvalue weighted by Gasteiger charge is 2.26. The summed E-state index contributed by atoms with van der Waals surface area (Å²) in [6, 6.07) is 8.35. The SMILES string of the molecule is CCCCN(C)Cc1ccc(S(=O)(=O)NC(=O)Nc2c3c(cc4c2CCC4)CCC3)cc1. The number of unbranched alkanes of at least 4 members (excludes halogenated alkanes) is 1. The van der Waals surface area contributed by atoms with Crippen molar-refractivity contribution in [3.8, 4) is 0 Å². The van der Waals surface area contributed by atoms with Crippen LogP contribution in [0.3, 0.4) is 0 Å². The van der Waals surface area contributed by atoms with E-state index in [2.05, 4.69) is 35.0 Å². The van der Waals surface area contributed by atoms with Crippen LogP contribution < -0.4 is 10.0 Å². The van der Waals surface area contributed by atoms with E-state index in [-0.39, 0.29) is 4.90 Å². The Kier molecular flexibility index (Phi) is 6.86. The Bertz CT molecular complexity index is 1060. The average Bonchev–Trinajstić information content (AvgIpc) is 3.41. The molecule has 7 heteroatoms. The number of urea groups is 1. The number of hydrogen-bond acceptors (Lipinski definition) is 4. The van der Waals surface area contributed by atoms with Crippen molar-refractivity contribution in [1.29, 1.82) is 0 Å². The maximum atomic E-state index is 12.8. The summed E-state index contributed by atoms with van der Waals surface area (Å²) in [5, 5.41) is 2.89. The minimum Gasteiger partial charge on any atom is -0.307 e. The van der Waals surface area contributed by atoms with E-state index in [9.17, 15) is 13.2 Å². The van der Waals surface area contributed by atoms with Crippen LogP contribution in [-0.4, -0.2) is 32.9 Å². The number of benzene rings is 2. The van der Waals surface area contributed by atoms with Crippen LogP contribution in [0.15, 0.2) is 35.2 Å². The van der Waals surface area contributed by atoms with E-state index in [1.165, 1.54) is 22.3 Å². The van der Waals surface area contributed by atoms with Gasteiger partial charge in [0, 0.05) is 12.2 Å². The van der Waals surface area contributed by atoms with E-state index >= 15 is 0 Å². The van der Waals surface area contributed by atoms with Crippen LogP contribution in [0.2, 0.25) is 0 Å². The van der Waals surface area contributed by atoms with Gasteiger partial charge in [-0.05, 0) is 98.5 Å². The fourth-order valence-corrected chi connectivity index (χ4v) is 5.79. The first-order valence-electron chi connectivity index (χ1n) is 11.6. The number of sulfonamides is 1. The summed E-state index contributed by atoms with van der Waals surface area (Å²) >= 11 is 0. The summed E-state index contributed by atoms with van der Waals surface area (Å²) in [5.41, 5.74) is 6.82. The predicted octanol–water partition coefficient (Wildman–Crippen LogP) is 4.41. The second kappa shape index (κ2) is 9.63. The standard InChI is InChI=1S/C25H33N3O3S/c1-3-4-15-28(2)17-18-11-13-21(14-12-18)32(30,31)27-25(29)26-24-22-9-5-7-19(22)16-20-8-6-10-23(20)24/h11-14,16H,3-10,15,17H2,1-2H3,(H2,26,27,29). The van der Waals surface area contributed by atoms with Crippen molar-refractivity contribution in [2.24, 2.45) is 0 Å². The van der Waals surface area contributed by atoms with Gasteiger partial charge in [-0.25, -0.2) is 17.9 Å². The van der Waals surface area contributed by atoms with Crippen molar-refractivity contribution in [1.82, 2.24) is 9.62 Å². The molecule has 0 aromatic heterocycles. The minimum absolute atomic E-state index is 0.0936. The largest absolute Gasteiger partial charge is 0.333 e. The molecule has 0 saturated heterocycles. The normalized spacial score (nSPS) is 15.0. The Morgan fingerprint density at radius 3 is 2.22 bits per heavy atom. The summed E-state index contributed by atoms with van der Waals surface area (Å²) in [5.74, 6) is 0. The molecule has 0 radical (unpaired) electrons. The molecule has 0 heterocycles. The number of anilines is 1. The zero-order valence-electron chi connectivity index (χ0n) is 19.0. The summed E-state index contributed by atoms with van der Waals surface area (Å²) in [6.07, 6.45) is 8.34. The van der Waals surface area contributed by atoms with E-state index in [1.54, 1.807) is 12.1 Å². The third-order valence-electron chi connectivity index (χ3n) is 6.52. The molecule has 2 aliphatic carbocycles. The van der Waals surface area contributed by atoms with Gasteiger partial charge in [-0.1, -0.05) is 31.5 Å². The molecule has 0 saturated carbocycles. The lowest BCUT2D eigenvalue weighted by molar-refractivity contribution is 0.256. The fourth-order valence-electron chi connectivity index (χ4n) is 4.88. The quantitative estimate of drug-likeness (QED) is 0.618. The molecule has 2 aromatic rings. The Hall–Kier alpha value is -2.38. The van der Waals surface area contributed by atoms with Gasteiger partial charge in [-0.3, -0.25) is 0 Å². The Morgan fingerprint density at radius 2 is 1.62 bits per heavy atom. The van der Waals surface area contributed by atoms with Gasteiger partial charge < -0.3 is 10.2 Å². The van der Waals surface area contributed by atoms with Gasteiger partial charge in [0.2, 0.25) is 0 Å². The first kappa shape index (κ1) is 22.8. The number of amides is 2. The highest BCUT2D eigenvalue weighted by atomic mass is 32.2. The molecule has 2 N–H and O–H groups in total.